The van der Waals surface area contributed by atoms with Gasteiger partial charge in [0.2, 0.25) is 11.8 Å². The zero-order chi connectivity index (χ0) is 32.7. The molecule has 6 atom stereocenters. The quantitative estimate of drug-likeness (QED) is 0.194. The minimum atomic E-state index is -1.21. The Morgan fingerprint density at radius 3 is 2.06 bits per heavy atom. The van der Waals surface area contributed by atoms with Gasteiger partial charge in [-0.1, -0.05) is 116 Å². The van der Waals surface area contributed by atoms with Gasteiger partial charge in [0.1, 0.15) is 5.41 Å². The highest BCUT2D eigenvalue weighted by Gasteiger charge is 2.70. The number of anilines is 1. The molecule has 4 aromatic carbocycles. The Hall–Kier alpha value is -2.98. The number of likely N-dealkylation sites (N-methyl/N-ethyl adjacent to an activating group) is 1. The van der Waals surface area contributed by atoms with Crippen LogP contribution in [-0.2, 0) is 15.0 Å². The maximum absolute atomic E-state index is 14.9. The standard InChI is InChI=1S/C38H39Cl2N3O3.2H2S/c1-23(2)20-31-38(29-19-18-28(40)22-30(29)41-37(38)46)32(26-16-11-17-27(39)21-26)34(36(45)42(3)4)43(31)33(24-12-7-5-8-13-24)35(44)25-14-9-6-10-15-25;;/h5-19,21-23,31-35,44H,20H2,1-4H3,(H,41,46);2*1H2/t31-,32+,33-,34-,35+,38+;;/m1../s1. The van der Waals surface area contributed by atoms with E-state index in [0.717, 1.165) is 22.3 Å². The molecule has 48 heavy (non-hydrogen) atoms. The van der Waals surface area contributed by atoms with Gasteiger partial charge in [0.05, 0.1) is 18.2 Å². The van der Waals surface area contributed by atoms with Gasteiger partial charge in [-0.05, 0) is 58.9 Å². The van der Waals surface area contributed by atoms with Crippen LogP contribution in [0.5, 0.6) is 0 Å². The molecule has 2 N–H and O–H groups in total. The summed E-state index contributed by atoms with van der Waals surface area (Å²) >= 11 is 13.1. The molecule has 1 saturated heterocycles. The lowest BCUT2D eigenvalue weighted by molar-refractivity contribution is -0.136. The van der Waals surface area contributed by atoms with E-state index in [1.165, 1.54) is 0 Å². The molecule has 6 nitrogen and oxygen atoms in total. The van der Waals surface area contributed by atoms with Crippen LogP contribution in [0.4, 0.5) is 5.69 Å². The molecule has 2 aliphatic heterocycles. The van der Waals surface area contributed by atoms with Gasteiger partial charge in [-0.15, -0.1) is 0 Å². The van der Waals surface area contributed by atoms with Crippen LogP contribution in [-0.4, -0.2) is 52.9 Å². The summed E-state index contributed by atoms with van der Waals surface area (Å²) in [4.78, 5) is 33.4. The van der Waals surface area contributed by atoms with Crippen molar-refractivity contribution >= 4 is 67.7 Å². The fraction of sp³-hybridized carbons (Fsp3) is 0.316. The zero-order valence-corrected chi connectivity index (χ0v) is 30.9. The van der Waals surface area contributed by atoms with Crippen LogP contribution in [0.1, 0.15) is 60.6 Å². The van der Waals surface area contributed by atoms with E-state index in [0.29, 0.717) is 22.2 Å². The van der Waals surface area contributed by atoms with Crippen LogP contribution in [0.25, 0.3) is 0 Å². The number of hydrogen-bond donors (Lipinski definition) is 2. The second-order valence-corrected chi connectivity index (χ2v) is 13.9. The van der Waals surface area contributed by atoms with Gasteiger partial charge in [0.15, 0.2) is 0 Å². The molecular formula is C38H43Cl2N3O3S2. The molecule has 4 aromatic rings. The van der Waals surface area contributed by atoms with E-state index in [9.17, 15) is 14.7 Å². The molecule has 0 radical (unpaired) electrons. The van der Waals surface area contributed by atoms with Crippen molar-refractivity contribution in [3.63, 3.8) is 0 Å². The first-order chi connectivity index (χ1) is 22.0. The molecule has 0 bridgehead atoms. The van der Waals surface area contributed by atoms with Crippen molar-refractivity contribution < 1.29 is 14.7 Å². The lowest BCUT2D eigenvalue weighted by atomic mass is 9.63. The zero-order valence-electron chi connectivity index (χ0n) is 27.4. The highest BCUT2D eigenvalue weighted by Crippen LogP contribution is 2.62. The summed E-state index contributed by atoms with van der Waals surface area (Å²) in [6.07, 6.45) is -0.436. The largest absolute Gasteiger partial charge is 0.386 e. The second-order valence-electron chi connectivity index (χ2n) is 13.0. The van der Waals surface area contributed by atoms with E-state index in [2.05, 4.69) is 24.1 Å². The summed E-state index contributed by atoms with van der Waals surface area (Å²) in [5.74, 6) is -0.860. The van der Waals surface area contributed by atoms with Crippen molar-refractivity contribution in [1.82, 2.24) is 9.80 Å². The number of amides is 2. The number of fused-ring (bicyclic) bond motifs is 2. The van der Waals surface area contributed by atoms with E-state index in [4.69, 9.17) is 23.2 Å². The molecule has 0 saturated carbocycles. The van der Waals surface area contributed by atoms with Crippen molar-refractivity contribution in [2.24, 2.45) is 5.92 Å². The first-order valence-electron chi connectivity index (χ1n) is 15.7. The number of nitrogens with zero attached hydrogens (tertiary/aromatic N) is 2. The van der Waals surface area contributed by atoms with Gasteiger partial charge in [-0.3, -0.25) is 14.5 Å². The average Bonchev–Trinajstić information content (AvgIpc) is 3.48. The molecule has 2 amide bonds. The first kappa shape index (κ1) is 37.8. The number of rotatable bonds is 8. The number of aliphatic hydroxyl groups is 1. The van der Waals surface area contributed by atoms with Crippen molar-refractivity contribution in [3.8, 4) is 0 Å². The van der Waals surface area contributed by atoms with Crippen LogP contribution >= 0.6 is 50.2 Å². The molecule has 0 unspecified atom stereocenters. The topological polar surface area (TPSA) is 72.9 Å². The molecule has 0 aromatic heterocycles. The van der Waals surface area contributed by atoms with Crippen LogP contribution in [0.15, 0.2) is 103 Å². The van der Waals surface area contributed by atoms with Crippen LogP contribution < -0.4 is 5.32 Å². The minimum Gasteiger partial charge on any atom is -0.386 e. The van der Waals surface area contributed by atoms with Gasteiger partial charge in [-0.25, -0.2) is 0 Å². The fourth-order valence-electron chi connectivity index (χ4n) is 7.83. The molecule has 254 valence electrons. The van der Waals surface area contributed by atoms with Crippen molar-refractivity contribution in [2.45, 2.75) is 55.8 Å². The predicted molar refractivity (Wildman–Crippen MR) is 205 cm³/mol. The Kier molecular flexibility index (Phi) is 12.0. The number of aliphatic hydroxyl groups excluding tert-OH is 1. The predicted octanol–water partition coefficient (Wildman–Crippen LogP) is 7.85. The van der Waals surface area contributed by atoms with Crippen molar-refractivity contribution in [2.75, 3.05) is 19.4 Å². The van der Waals surface area contributed by atoms with Crippen LogP contribution in [0, 0.1) is 5.92 Å². The summed E-state index contributed by atoms with van der Waals surface area (Å²) in [6.45, 7) is 4.25. The summed E-state index contributed by atoms with van der Waals surface area (Å²) in [7, 11) is 3.48. The van der Waals surface area contributed by atoms with E-state index in [-0.39, 0.29) is 44.7 Å². The number of hydrogen-bond acceptors (Lipinski definition) is 4. The molecule has 2 heterocycles. The summed E-state index contributed by atoms with van der Waals surface area (Å²) < 4.78 is 0. The lowest BCUT2D eigenvalue weighted by Gasteiger charge is -2.43. The maximum atomic E-state index is 14.9. The summed E-state index contributed by atoms with van der Waals surface area (Å²) in [6, 6.07) is 30.3. The third-order valence-corrected chi connectivity index (χ3v) is 10.0. The normalized spacial score (nSPS) is 22.8. The smallest absolute Gasteiger partial charge is 0.240 e. The number of nitrogens with one attached hydrogen (secondary N) is 1. The Morgan fingerprint density at radius 1 is 0.875 bits per heavy atom. The SMILES string of the molecule is CC(C)C[C@H]1N([C@H](c2ccccc2)[C@@H](O)c2ccccc2)[C@@H](C(=O)N(C)C)[C@H](c2cccc(Cl)c2)[C@@]12C(=O)Nc1cc(Cl)ccc12.S.S. The number of carbonyl (C=O) groups excluding carboxylic acids is 2. The van der Waals surface area contributed by atoms with Crippen molar-refractivity contribution in [1.29, 1.82) is 0 Å². The Balaban J connectivity index is 0.00000260. The Bertz CT molecular complexity index is 1740. The van der Waals surface area contributed by atoms with Gasteiger partial charge in [0.25, 0.3) is 0 Å². The van der Waals surface area contributed by atoms with E-state index in [1.54, 1.807) is 31.1 Å². The van der Waals surface area contributed by atoms with Crippen molar-refractivity contribution in [3.05, 3.63) is 135 Å². The number of carbonyl (C=O) groups is 2. The van der Waals surface area contributed by atoms with Crippen LogP contribution in [0.3, 0.4) is 0 Å². The van der Waals surface area contributed by atoms with Crippen LogP contribution in [0.2, 0.25) is 10.0 Å². The van der Waals surface area contributed by atoms with Gasteiger partial charge in [0, 0.05) is 41.8 Å². The van der Waals surface area contributed by atoms with Gasteiger partial charge in [-0.2, -0.15) is 27.0 Å². The second kappa shape index (κ2) is 15.3. The molecule has 0 aliphatic carbocycles. The Morgan fingerprint density at radius 2 is 1.48 bits per heavy atom. The molecule has 2 aliphatic rings. The number of likely N-dealkylation sites (tertiary alicyclic amines) is 1. The maximum Gasteiger partial charge on any atom is 0.240 e. The first-order valence-corrected chi connectivity index (χ1v) is 16.4. The molecule has 10 heteroatoms. The minimum absolute atomic E-state index is 0. The average molecular weight is 725 g/mol. The van der Waals surface area contributed by atoms with Gasteiger partial charge >= 0.3 is 0 Å². The van der Waals surface area contributed by atoms with Gasteiger partial charge < -0.3 is 15.3 Å². The highest BCUT2D eigenvalue weighted by atomic mass is 35.5. The number of halogens is 2. The molecule has 1 spiro atoms. The number of benzene rings is 4. The summed E-state index contributed by atoms with van der Waals surface area (Å²) in [5, 5.41) is 16.6. The third kappa shape index (κ3) is 6.51. The van der Waals surface area contributed by atoms with E-state index in [1.807, 2.05) is 91.0 Å². The van der Waals surface area contributed by atoms with E-state index < -0.39 is 35.6 Å². The summed E-state index contributed by atoms with van der Waals surface area (Å²) in [5.41, 5.74) is 2.56. The monoisotopic (exact) mass is 723 g/mol. The molecule has 1 fully saturated rings. The molecular weight excluding hydrogens is 681 g/mol. The Labute approximate surface area is 307 Å². The lowest BCUT2D eigenvalue weighted by Crippen LogP contribution is -2.52. The molecule has 6 rings (SSSR count). The highest BCUT2D eigenvalue weighted by molar-refractivity contribution is 7.59. The third-order valence-electron chi connectivity index (χ3n) is 9.56. The van der Waals surface area contributed by atoms with E-state index >= 15 is 0 Å². The fourth-order valence-corrected chi connectivity index (χ4v) is 8.20.